The number of rotatable bonds is 4. The van der Waals surface area contributed by atoms with Gasteiger partial charge < -0.3 is 15.8 Å². The molecule has 0 atom stereocenters. The van der Waals surface area contributed by atoms with Crippen molar-refractivity contribution in [1.82, 2.24) is 5.32 Å². The van der Waals surface area contributed by atoms with Crippen molar-refractivity contribution < 1.29 is 9.53 Å². The standard InChI is InChI=1S/C12H18N2O2/c1-9(2)16-12(15)14-8-11-5-3-4-10(6-11)7-13/h3-6,9H,7-8,13H2,1-2H3,(H,14,15). The molecule has 16 heavy (non-hydrogen) atoms. The Labute approximate surface area is 95.8 Å². The van der Waals surface area contributed by atoms with Crippen molar-refractivity contribution in [2.45, 2.75) is 33.0 Å². The maximum absolute atomic E-state index is 11.2. The van der Waals surface area contributed by atoms with Gasteiger partial charge in [0.25, 0.3) is 0 Å². The van der Waals surface area contributed by atoms with Gasteiger partial charge in [-0.2, -0.15) is 0 Å². The first kappa shape index (κ1) is 12.5. The molecule has 1 amide bonds. The number of hydrogen-bond donors (Lipinski definition) is 2. The summed E-state index contributed by atoms with van der Waals surface area (Å²) in [5.74, 6) is 0. The zero-order chi connectivity index (χ0) is 12.0. The molecule has 0 aliphatic heterocycles. The molecule has 0 bridgehead atoms. The van der Waals surface area contributed by atoms with E-state index in [1.165, 1.54) is 0 Å². The number of benzene rings is 1. The summed E-state index contributed by atoms with van der Waals surface area (Å²) in [6.07, 6.45) is -0.497. The lowest BCUT2D eigenvalue weighted by molar-refractivity contribution is 0.115. The Morgan fingerprint density at radius 1 is 1.44 bits per heavy atom. The lowest BCUT2D eigenvalue weighted by Crippen LogP contribution is -2.26. The topological polar surface area (TPSA) is 64.3 Å². The van der Waals surface area contributed by atoms with E-state index in [4.69, 9.17) is 10.5 Å². The van der Waals surface area contributed by atoms with Crippen molar-refractivity contribution in [2.75, 3.05) is 0 Å². The quantitative estimate of drug-likeness (QED) is 0.816. The Morgan fingerprint density at radius 3 is 2.75 bits per heavy atom. The summed E-state index contributed by atoms with van der Waals surface area (Å²) >= 11 is 0. The molecule has 4 nitrogen and oxygen atoms in total. The van der Waals surface area contributed by atoms with Crippen LogP contribution in [0.1, 0.15) is 25.0 Å². The number of nitrogens with two attached hydrogens (primary N) is 1. The van der Waals surface area contributed by atoms with Gasteiger partial charge in [-0.3, -0.25) is 0 Å². The summed E-state index contributed by atoms with van der Waals surface area (Å²) < 4.78 is 4.95. The largest absolute Gasteiger partial charge is 0.447 e. The molecule has 0 fully saturated rings. The third-order valence-electron chi connectivity index (χ3n) is 2.01. The van der Waals surface area contributed by atoms with Crippen LogP contribution in [0.3, 0.4) is 0 Å². The van der Waals surface area contributed by atoms with Gasteiger partial charge in [-0.1, -0.05) is 24.3 Å². The zero-order valence-corrected chi connectivity index (χ0v) is 9.69. The van der Waals surface area contributed by atoms with Crippen LogP contribution < -0.4 is 11.1 Å². The average molecular weight is 222 g/mol. The molecule has 0 saturated carbocycles. The molecule has 0 aliphatic rings. The molecule has 1 rings (SSSR count). The molecule has 1 aromatic rings. The van der Waals surface area contributed by atoms with E-state index in [1.54, 1.807) is 0 Å². The molecule has 1 aromatic carbocycles. The number of ether oxygens (including phenoxy) is 1. The molecule has 0 radical (unpaired) electrons. The second kappa shape index (κ2) is 6.12. The van der Waals surface area contributed by atoms with Crippen LogP contribution >= 0.6 is 0 Å². The van der Waals surface area contributed by atoms with E-state index >= 15 is 0 Å². The van der Waals surface area contributed by atoms with Crippen LogP contribution in [0.15, 0.2) is 24.3 Å². The number of carbonyl (C=O) groups is 1. The number of alkyl carbamates (subject to hydrolysis) is 1. The molecule has 88 valence electrons. The first-order valence-corrected chi connectivity index (χ1v) is 5.34. The Bertz CT molecular complexity index is 351. The molecule has 0 spiro atoms. The van der Waals surface area contributed by atoms with Crippen molar-refractivity contribution >= 4 is 6.09 Å². The summed E-state index contributed by atoms with van der Waals surface area (Å²) in [4.78, 5) is 11.2. The minimum absolute atomic E-state index is 0.102. The lowest BCUT2D eigenvalue weighted by atomic mass is 10.1. The molecule has 4 heteroatoms. The lowest BCUT2D eigenvalue weighted by Gasteiger charge is -2.09. The van der Waals surface area contributed by atoms with Crippen LogP contribution in [0.25, 0.3) is 0 Å². The Kier molecular flexibility index (Phi) is 4.79. The Balaban J connectivity index is 2.45. The van der Waals surface area contributed by atoms with Gasteiger partial charge in [0.2, 0.25) is 0 Å². The monoisotopic (exact) mass is 222 g/mol. The Morgan fingerprint density at radius 2 is 2.12 bits per heavy atom. The van der Waals surface area contributed by atoms with Crippen LogP contribution in [-0.4, -0.2) is 12.2 Å². The maximum atomic E-state index is 11.2. The molecule has 0 aliphatic carbocycles. The molecular weight excluding hydrogens is 204 g/mol. The maximum Gasteiger partial charge on any atom is 0.407 e. The van der Waals surface area contributed by atoms with E-state index in [0.29, 0.717) is 13.1 Å². The number of amides is 1. The fraction of sp³-hybridized carbons (Fsp3) is 0.417. The van der Waals surface area contributed by atoms with Crippen LogP contribution in [-0.2, 0) is 17.8 Å². The minimum atomic E-state index is -0.395. The van der Waals surface area contributed by atoms with E-state index in [1.807, 2.05) is 38.1 Å². The van der Waals surface area contributed by atoms with Gasteiger partial charge in [-0.05, 0) is 25.0 Å². The highest BCUT2D eigenvalue weighted by atomic mass is 16.6. The van der Waals surface area contributed by atoms with Gasteiger partial charge in [0, 0.05) is 13.1 Å². The average Bonchev–Trinajstić information content (AvgIpc) is 2.26. The Hall–Kier alpha value is -1.55. The van der Waals surface area contributed by atoms with Crippen LogP contribution in [0, 0.1) is 0 Å². The van der Waals surface area contributed by atoms with Crippen LogP contribution in [0.5, 0.6) is 0 Å². The van der Waals surface area contributed by atoms with Gasteiger partial charge in [0.05, 0.1) is 6.10 Å². The second-order valence-electron chi connectivity index (χ2n) is 3.83. The highest BCUT2D eigenvalue weighted by Gasteiger charge is 2.04. The number of nitrogens with one attached hydrogen (secondary N) is 1. The predicted octanol–water partition coefficient (Wildman–Crippen LogP) is 1.78. The molecule has 0 saturated heterocycles. The summed E-state index contributed by atoms with van der Waals surface area (Å²) in [6.45, 7) is 4.59. The minimum Gasteiger partial charge on any atom is -0.447 e. The van der Waals surface area contributed by atoms with Gasteiger partial charge in [-0.25, -0.2) is 4.79 Å². The van der Waals surface area contributed by atoms with Crippen molar-refractivity contribution in [2.24, 2.45) is 5.73 Å². The highest BCUT2D eigenvalue weighted by molar-refractivity contribution is 5.67. The normalized spacial score (nSPS) is 10.2. The molecule has 3 N–H and O–H groups in total. The summed E-state index contributed by atoms with van der Waals surface area (Å²) in [6, 6.07) is 7.79. The SMILES string of the molecule is CC(C)OC(=O)NCc1cccc(CN)c1. The summed E-state index contributed by atoms with van der Waals surface area (Å²) in [7, 11) is 0. The molecule has 0 heterocycles. The van der Waals surface area contributed by atoms with Crippen molar-refractivity contribution in [3.05, 3.63) is 35.4 Å². The first-order chi connectivity index (χ1) is 7.61. The molecule has 0 unspecified atom stereocenters. The number of hydrogen-bond acceptors (Lipinski definition) is 3. The van der Waals surface area contributed by atoms with E-state index in [9.17, 15) is 4.79 Å². The van der Waals surface area contributed by atoms with Gasteiger partial charge >= 0.3 is 6.09 Å². The summed E-state index contributed by atoms with van der Waals surface area (Å²) in [5, 5.41) is 2.68. The van der Waals surface area contributed by atoms with Crippen molar-refractivity contribution in [3.8, 4) is 0 Å². The van der Waals surface area contributed by atoms with E-state index in [0.717, 1.165) is 11.1 Å². The molecular formula is C12H18N2O2. The number of carbonyl (C=O) groups excluding carboxylic acids is 1. The smallest absolute Gasteiger partial charge is 0.407 e. The predicted molar refractivity (Wildman–Crippen MR) is 62.8 cm³/mol. The third kappa shape index (κ3) is 4.31. The zero-order valence-electron chi connectivity index (χ0n) is 9.69. The first-order valence-electron chi connectivity index (χ1n) is 5.34. The summed E-state index contributed by atoms with van der Waals surface area (Å²) in [5.41, 5.74) is 7.60. The van der Waals surface area contributed by atoms with E-state index < -0.39 is 6.09 Å². The van der Waals surface area contributed by atoms with Crippen LogP contribution in [0.2, 0.25) is 0 Å². The van der Waals surface area contributed by atoms with Crippen LogP contribution in [0.4, 0.5) is 4.79 Å². The highest BCUT2D eigenvalue weighted by Crippen LogP contribution is 2.04. The third-order valence-corrected chi connectivity index (χ3v) is 2.01. The van der Waals surface area contributed by atoms with E-state index in [-0.39, 0.29) is 6.10 Å². The second-order valence-corrected chi connectivity index (χ2v) is 3.83. The molecule has 0 aromatic heterocycles. The van der Waals surface area contributed by atoms with Gasteiger partial charge in [0.15, 0.2) is 0 Å². The van der Waals surface area contributed by atoms with Gasteiger partial charge in [0.1, 0.15) is 0 Å². The fourth-order valence-corrected chi connectivity index (χ4v) is 1.30. The van der Waals surface area contributed by atoms with Crippen molar-refractivity contribution in [1.29, 1.82) is 0 Å². The fourth-order valence-electron chi connectivity index (χ4n) is 1.30. The van der Waals surface area contributed by atoms with Crippen molar-refractivity contribution in [3.63, 3.8) is 0 Å². The van der Waals surface area contributed by atoms with Gasteiger partial charge in [-0.15, -0.1) is 0 Å². The van der Waals surface area contributed by atoms with E-state index in [2.05, 4.69) is 5.32 Å².